The van der Waals surface area contributed by atoms with Crippen molar-refractivity contribution in [1.29, 1.82) is 0 Å². The minimum atomic E-state index is -0.852. The Bertz CT molecular complexity index is 823. The lowest BCUT2D eigenvalue weighted by atomic mass is 10.1. The van der Waals surface area contributed by atoms with Crippen LogP contribution in [0.25, 0.3) is 0 Å². The number of carbonyl (C=O) groups is 1. The zero-order chi connectivity index (χ0) is 17.4. The fourth-order valence-electron chi connectivity index (χ4n) is 3.27. The van der Waals surface area contributed by atoms with E-state index in [0.29, 0.717) is 47.7 Å². The number of amides is 2. The third-order valence-corrected chi connectivity index (χ3v) is 4.43. The van der Waals surface area contributed by atoms with E-state index in [1.54, 1.807) is 6.07 Å². The van der Waals surface area contributed by atoms with Gasteiger partial charge in [0.05, 0.1) is 6.04 Å². The number of nitrogens with two attached hydrogens (primary N) is 1. The predicted octanol–water partition coefficient (Wildman–Crippen LogP) is 3.01. The molecule has 2 amide bonds. The zero-order valence-electron chi connectivity index (χ0n) is 13.5. The summed E-state index contributed by atoms with van der Waals surface area (Å²) in [6, 6.07) is 9.77. The van der Waals surface area contributed by atoms with Crippen molar-refractivity contribution < 1.29 is 24.2 Å². The van der Waals surface area contributed by atoms with Gasteiger partial charge in [0.2, 0.25) is 0 Å². The van der Waals surface area contributed by atoms with Gasteiger partial charge in [0, 0.05) is 6.07 Å². The number of primary amides is 1. The molecule has 0 radical (unpaired) electrons. The molecule has 0 aromatic heterocycles. The number of benzene rings is 2. The van der Waals surface area contributed by atoms with Crippen LogP contribution in [0.2, 0.25) is 0 Å². The van der Waals surface area contributed by atoms with Gasteiger partial charge in [0.25, 0.3) is 0 Å². The highest BCUT2D eigenvalue weighted by Crippen LogP contribution is 2.39. The van der Waals surface area contributed by atoms with Crippen LogP contribution >= 0.6 is 0 Å². The van der Waals surface area contributed by atoms with E-state index in [2.05, 4.69) is 0 Å². The maximum Gasteiger partial charge on any atom is 0.339 e. The summed E-state index contributed by atoms with van der Waals surface area (Å²) in [6.45, 7) is 1.07. The van der Waals surface area contributed by atoms with E-state index in [4.69, 9.17) is 19.9 Å². The Morgan fingerprint density at radius 1 is 1.12 bits per heavy atom. The monoisotopic (exact) mass is 342 g/mol. The van der Waals surface area contributed by atoms with Crippen LogP contribution < -0.4 is 19.9 Å². The zero-order valence-corrected chi connectivity index (χ0v) is 13.5. The number of rotatable bonds is 3. The van der Waals surface area contributed by atoms with Gasteiger partial charge in [-0.3, -0.25) is 5.21 Å². The molecule has 1 heterocycles. The van der Waals surface area contributed by atoms with E-state index in [1.165, 1.54) is 0 Å². The van der Waals surface area contributed by atoms with Crippen molar-refractivity contribution in [1.82, 2.24) is 5.06 Å². The third-order valence-electron chi connectivity index (χ3n) is 4.43. The second-order valence-electron chi connectivity index (χ2n) is 6.01. The summed E-state index contributed by atoms with van der Waals surface area (Å²) in [6.07, 6.45) is 1.37. The molecule has 1 atom stereocenters. The van der Waals surface area contributed by atoms with E-state index >= 15 is 0 Å². The van der Waals surface area contributed by atoms with Gasteiger partial charge in [-0.2, -0.15) is 5.06 Å². The Hall–Kier alpha value is -2.93. The molecule has 7 nitrogen and oxygen atoms in total. The van der Waals surface area contributed by atoms with Crippen LogP contribution in [-0.4, -0.2) is 29.5 Å². The number of hydrogen-bond donors (Lipinski definition) is 2. The first kappa shape index (κ1) is 15.6. The summed E-state index contributed by atoms with van der Waals surface area (Å²) < 4.78 is 17.0. The highest BCUT2D eigenvalue weighted by molar-refractivity contribution is 5.71. The van der Waals surface area contributed by atoms with Gasteiger partial charge in [-0.15, -0.1) is 0 Å². The molecule has 1 unspecified atom stereocenters. The molecule has 1 aliphatic heterocycles. The van der Waals surface area contributed by atoms with Gasteiger partial charge >= 0.3 is 6.03 Å². The van der Waals surface area contributed by atoms with Crippen LogP contribution in [-0.2, 0) is 6.42 Å². The second kappa shape index (κ2) is 6.18. The summed E-state index contributed by atoms with van der Waals surface area (Å²) in [4.78, 5) is 11.2. The molecular weight excluding hydrogens is 324 g/mol. The molecule has 2 aromatic rings. The fourth-order valence-corrected chi connectivity index (χ4v) is 3.27. The lowest BCUT2D eigenvalue weighted by Crippen LogP contribution is -2.35. The smallest absolute Gasteiger partial charge is 0.339 e. The SMILES string of the molecule is NC(=O)N(O)C1CCc2cc(Oc3ccc4c(c3)OCCO4)ccc21. The summed E-state index contributed by atoms with van der Waals surface area (Å²) in [5.74, 6) is 2.71. The molecule has 2 aliphatic rings. The first-order valence-electron chi connectivity index (χ1n) is 8.09. The number of hydroxylamine groups is 2. The van der Waals surface area contributed by atoms with Crippen molar-refractivity contribution in [2.24, 2.45) is 5.73 Å². The van der Waals surface area contributed by atoms with Crippen molar-refractivity contribution in [3.8, 4) is 23.0 Å². The maximum absolute atomic E-state index is 11.2. The minimum absolute atomic E-state index is 0.407. The summed E-state index contributed by atoms with van der Waals surface area (Å²) in [5.41, 5.74) is 7.06. The maximum atomic E-state index is 11.2. The molecule has 130 valence electrons. The number of ether oxygens (including phenoxy) is 3. The van der Waals surface area contributed by atoms with E-state index in [9.17, 15) is 10.0 Å². The molecule has 4 rings (SSSR count). The topological polar surface area (TPSA) is 94.3 Å². The molecule has 0 fully saturated rings. The van der Waals surface area contributed by atoms with Gasteiger partial charge in [0.15, 0.2) is 11.5 Å². The Labute approximate surface area is 144 Å². The molecule has 2 aromatic carbocycles. The molecule has 7 heteroatoms. The van der Waals surface area contributed by atoms with Crippen molar-refractivity contribution >= 4 is 6.03 Å². The van der Waals surface area contributed by atoms with Crippen molar-refractivity contribution in [3.05, 3.63) is 47.5 Å². The number of urea groups is 1. The first-order chi connectivity index (χ1) is 12.1. The van der Waals surface area contributed by atoms with Crippen molar-refractivity contribution in [3.63, 3.8) is 0 Å². The van der Waals surface area contributed by atoms with Crippen LogP contribution in [0.1, 0.15) is 23.6 Å². The quantitative estimate of drug-likeness (QED) is 0.660. The van der Waals surface area contributed by atoms with Crippen molar-refractivity contribution in [2.45, 2.75) is 18.9 Å². The molecule has 3 N–H and O–H groups in total. The number of fused-ring (bicyclic) bond motifs is 2. The molecule has 1 aliphatic carbocycles. The van der Waals surface area contributed by atoms with Gasteiger partial charge in [0.1, 0.15) is 24.7 Å². The van der Waals surface area contributed by atoms with E-state index in [-0.39, 0.29) is 0 Å². The standard InChI is InChI=1S/C18H18N2O5/c19-18(21)20(22)15-5-1-11-9-12(2-4-14(11)15)25-13-3-6-16-17(10-13)24-8-7-23-16/h2-4,6,9-10,15,22H,1,5,7-8H2,(H2,19,21). The van der Waals surface area contributed by atoms with Gasteiger partial charge < -0.3 is 19.9 Å². The molecule has 0 saturated carbocycles. The molecular formula is C18H18N2O5. The number of aryl methyl sites for hydroxylation is 1. The summed E-state index contributed by atoms with van der Waals surface area (Å²) in [7, 11) is 0. The Morgan fingerprint density at radius 3 is 2.64 bits per heavy atom. The first-order valence-corrected chi connectivity index (χ1v) is 8.09. The second-order valence-corrected chi connectivity index (χ2v) is 6.01. The highest BCUT2D eigenvalue weighted by atomic mass is 16.6. The Balaban J connectivity index is 1.54. The highest BCUT2D eigenvalue weighted by Gasteiger charge is 2.29. The average Bonchev–Trinajstić information content (AvgIpc) is 3.04. The van der Waals surface area contributed by atoms with Gasteiger partial charge in [-0.25, -0.2) is 4.79 Å². The number of nitrogens with zero attached hydrogens (tertiary/aromatic N) is 1. The predicted molar refractivity (Wildman–Crippen MR) is 88.2 cm³/mol. The summed E-state index contributed by atoms with van der Waals surface area (Å²) in [5, 5.41) is 10.4. The Kier molecular flexibility index (Phi) is 3.85. The lowest BCUT2D eigenvalue weighted by Gasteiger charge is -2.21. The van der Waals surface area contributed by atoms with E-state index in [0.717, 1.165) is 17.5 Å². The van der Waals surface area contributed by atoms with E-state index < -0.39 is 12.1 Å². The average molecular weight is 342 g/mol. The van der Waals surface area contributed by atoms with Crippen LogP contribution in [0.15, 0.2) is 36.4 Å². The van der Waals surface area contributed by atoms with E-state index in [1.807, 2.05) is 30.3 Å². The van der Waals surface area contributed by atoms with Crippen LogP contribution in [0, 0.1) is 0 Å². The van der Waals surface area contributed by atoms with Gasteiger partial charge in [-0.05, 0) is 48.2 Å². The molecule has 0 bridgehead atoms. The minimum Gasteiger partial charge on any atom is -0.486 e. The van der Waals surface area contributed by atoms with Gasteiger partial charge in [-0.1, -0.05) is 6.07 Å². The van der Waals surface area contributed by atoms with Crippen LogP contribution in [0.5, 0.6) is 23.0 Å². The Morgan fingerprint density at radius 2 is 1.84 bits per heavy atom. The van der Waals surface area contributed by atoms with Crippen LogP contribution in [0.3, 0.4) is 0 Å². The molecule has 0 saturated heterocycles. The largest absolute Gasteiger partial charge is 0.486 e. The third kappa shape index (κ3) is 2.94. The van der Waals surface area contributed by atoms with Crippen molar-refractivity contribution in [2.75, 3.05) is 13.2 Å². The number of hydrogen-bond acceptors (Lipinski definition) is 5. The fraction of sp³-hybridized carbons (Fsp3) is 0.278. The molecule has 25 heavy (non-hydrogen) atoms. The van der Waals surface area contributed by atoms with Crippen LogP contribution in [0.4, 0.5) is 4.79 Å². The lowest BCUT2D eigenvalue weighted by molar-refractivity contribution is -0.0757. The number of carbonyl (C=O) groups excluding carboxylic acids is 1. The summed E-state index contributed by atoms with van der Waals surface area (Å²) >= 11 is 0. The molecule has 0 spiro atoms. The normalized spacial score (nSPS) is 17.7.